The molecular formula is C15H18N2O. The zero-order chi connectivity index (χ0) is 13.0. The van der Waals surface area contributed by atoms with E-state index in [1.165, 1.54) is 0 Å². The minimum Gasteiger partial charge on any atom is -0.298 e. The van der Waals surface area contributed by atoms with Crippen LogP contribution in [0.15, 0.2) is 36.5 Å². The van der Waals surface area contributed by atoms with Crippen LogP contribution < -0.4 is 0 Å². The highest BCUT2D eigenvalue weighted by atomic mass is 16.1. The fraction of sp³-hybridized carbons (Fsp3) is 0.333. The predicted molar refractivity (Wildman–Crippen MR) is 72.7 cm³/mol. The highest BCUT2D eigenvalue weighted by molar-refractivity contribution is 5.85. The van der Waals surface area contributed by atoms with Crippen LogP contribution in [0.25, 0.3) is 11.3 Å². The number of rotatable bonds is 5. The van der Waals surface area contributed by atoms with Crippen LogP contribution in [-0.4, -0.2) is 16.1 Å². The number of carbonyl (C=O) groups excluding carboxylic acids is 1. The fourth-order valence-corrected chi connectivity index (χ4v) is 2.16. The highest BCUT2D eigenvalue weighted by Crippen LogP contribution is 2.24. The first-order valence-electron chi connectivity index (χ1n) is 6.39. The molecule has 2 rings (SSSR count). The summed E-state index contributed by atoms with van der Waals surface area (Å²) in [6, 6.07) is 10.2. The summed E-state index contributed by atoms with van der Waals surface area (Å²) in [5.41, 5.74) is 2.43. The van der Waals surface area contributed by atoms with Crippen LogP contribution >= 0.6 is 0 Å². The zero-order valence-corrected chi connectivity index (χ0v) is 10.8. The molecule has 0 aliphatic rings. The predicted octanol–water partition coefficient (Wildman–Crippen LogP) is 3.72. The average Bonchev–Trinajstić information content (AvgIpc) is 2.85. The number of hydrogen-bond donors (Lipinski definition) is 0. The van der Waals surface area contributed by atoms with Crippen molar-refractivity contribution in [1.82, 2.24) is 9.78 Å². The zero-order valence-electron chi connectivity index (χ0n) is 10.8. The Kier molecular flexibility index (Phi) is 3.92. The van der Waals surface area contributed by atoms with Gasteiger partial charge < -0.3 is 0 Å². The smallest absolute Gasteiger partial charge is 0.153 e. The van der Waals surface area contributed by atoms with Crippen LogP contribution in [0.2, 0.25) is 0 Å². The van der Waals surface area contributed by atoms with Gasteiger partial charge in [0.05, 0.1) is 11.6 Å². The summed E-state index contributed by atoms with van der Waals surface area (Å²) in [7, 11) is 0. The molecule has 0 saturated heterocycles. The van der Waals surface area contributed by atoms with Crippen LogP contribution in [0, 0.1) is 0 Å². The molecule has 0 unspecified atom stereocenters. The maximum absolute atomic E-state index is 11.2. The van der Waals surface area contributed by atoms with Gasteiger partial charge in [-0.3, -0.25) is 9.48 Å². The molecule has 3 nitrogen and oxygen atoms in total. The quantitative estimate of drug-likeness (QED) is 0.749. The van der Waals surface area contributed by atoms with Crippen molar-refractivity contribution in [3.8, 4) is 11.3 Å². The van der Waals surface area contributed by atoms with E-state index in [-0.39, 0.29) is 0 Å². The van der Waals surface area contributed by atoms with Crippen LogP contribution in [0.4, 0.5) is 0 Å². The van der Waals surface area contributed by atoms with Crippen molar-refractivity contribution in [2.24, 2.45) is 0 Å². The van der Waals surface area contributed by atoms with Gasteiger partial charge in [0.2, 0.25) is 0 Å². The van der Waals surface area contributed by atoms with Gasteiger partial charge in [0.25, 0.3) is 0 Å². The molecule has 0 saturated carbocycles. The summed E-state index contributed by atoms with van der Waals surface area (Å²) in [6.45, 7) is 4.28. The van der Waals surface area contributed by atoms with Gasteiger partial charge >= 0.3 is 0 Å². The lowest BCUT2D eigenvalue weighted by atomic mass is 10.1. The maximum atomic E-state index is 11.2. The van der Waals surface area contributed by atoms with Gasteiger partial charge in [-0.15, -0.1) is 0 Å². The molecule has 0 aliphatic carbocycles. The molecule has 1 heterocycles. The second-order valence-electron chi connectivity index (χ2n) is 4.37. The Morgan fingerprint density at radius 2 is 1.89 bits per heavy atom. The van der Waals surface area contributed by atoms with Gasteiger partial charge in [-0.25, -0.2) is 0 Å². The van der Waals surface area contributed by atoms with Crippen molar-refractivity contribution in [2.45, 2.75) is 32.7 Å². The number of nitrogens with zero attached hydrogens (tertiary/aromatic N) is 2. The SMILES string of the molecule is CCC(CC)n1cc(C=O)c(-c2ccccc2)n1. The van der Waals surface area contributed by atoms with E-state index in [1.54, 1.807) is 0 Å². The van der Waals surface area contributed by atoms with E-state index in [9.17, 15) is 4.79 Å². The van der Waals surface area contributed by atoms with Crippen molar-refractivity contribution >= 4 is 6.29 Å². The first-order valence-corrected chi connectivity index (χ1v) is 6.39. The molecule has 0 bridgehead atoms. The normalized spacial score (nSPS) is 10.8. The van der Waals surface area contributed by atoms with Crippen molar-refractivity contribution in [2.75, 3.05) is 0 Å². The Hall–Kier alpha value is -1.90. The third kappa shape index (κ3) is 2.35. The molecule has 3 heteroatoms. The lowest BCUT2D eigenvalue weighted by Crippen LogP contribution is -2.07. The van der Waals surface area contributed by atoms with Gasteiger partial charge in [-0.2, -0.15) is 5.10 Å². The topological polar surface area (TPSA) is 34.9 Å². The van der Waals surface area contributed by atoms with Crippen molar-refractivity contribution in [3.05, 3.63) is 42.1 Å². The second-order valence-corrected chi connectivity index (χ2v) is 4.37. The van der Waals surface area contributed by atoms with Crippen molar-refractivity contribution in [3.63, 3.8) is 0 Å². The lowest BCUT2D eigenvalue weighted by Gasteiger charge is -2.12. The molecule has 2 aromatic rings. The molecule has 18 heavy (non-hydrogen) atoms. The molecule has 0 N–H and O–H groups in total. The fourth-order valence-electron chi connectivity index (χ4n) is 2.16. The summed E-state index contributed by atoms with van der Waals surface area (Å²) in [6.07, 6.45) is 4.77. The number of hydrogen-bond acceptors (Lipinski definition) is 2. The van der Waals surface area contributed by atoms with E-state index in [2.05, 4.69) is 18.9 Å². The Balaban J connectivity index is 2.45. The summed E-state index contributed by atoms with van der Waals surface area (Å²) in [4.78, 5) is 11.2. The van der Waals surface area contributed by atoms with E-state index < -0.39 is 0 Å². The molecular weight excluding hydrogens is 224 g/mol. The summed E-state index contributed by atoms with van der Waals surface area (Å²) in [5, 5.41) is 4.58. The maximum Gasteiger partial charge on any atom is 0.153 e. The molecule has 1 aromatic carbocycles. The summed E-state index contributed by atoms with van der Waals surface area (Å²) in [5.74, 6) is 0. The molecule has 1 aromatic heterocycles. The van der Waals surface area contributed by atoms with Crippen LogP contribution in [-0.2, 0) is 0 Å². The number of carbonyl (C=O) groups is 1. The van der Waals surface area contributed by atoms with Gasteiger partial charge in [0.15, 0.2) is 6.29 Å². The number of aldehydes is 1. The minimum absolute atomic E-state index is 0.362. The summed E-state index contributed by atoms with van der Waals surface area (Å²) < 4.78 is 1.92. The van der Waals surface area contributed by atoms with Gasteiger partial charge in [0, 0.05) is 11.8 Å². The monoisotopic (exact) mass is 242 g/mol. The van der Waals surface area contributed by atoms with Gasteiger partial charge in [-0.05, 0) is 12.8 Å². The highest BCUT2D eigenvalue weighted by Gasteiger charge is 2.14. The Labute approximate surface area is 107 Å². The molecule has 94 valence electrons. The second kappa shape index (κ2) is 5.63. The molecule has 0 fully saturated rings. The third-order valence-electron chi connectivity index (χ3n) is 3.25. The first-order chi connectivity index (χ1) is 8.80. The van der Waals surface area contributed by atoms with Crippen LogP contribution in [0.1, 0.15) is 43.1 Å². The van der Waals surface area contributed by atoms with Crippen molar-refractivity contribution < 1.29 is 4.79 Å². The molecule has 0 atom stereocenters. The number of aromatic nitrogens is 2. The standard InChI is InChI=1S/C15H18N2O/c1-3-14(4-2)17-10-13(11-18)15(16-17)12-8-6-5-7-9-12/h5-11,14H,3-4H2,1-2H3. The van der Waals surface area contributed by atoms with E-state index >= 15 is 0 Å². The summed E-state index contributed by atoms with van der Waals surface area (Å²) >= 11 is 0. The van der Waals surface area contributed by atoms with Crippen LogP contribution in [0.3, 0.4) is 0 Å². The van der Waals surface area contributed by atoms with E-state index in [4.69, 9.17) is 0 Å². The van der Waals surface area contributed by atoms with E-state index in [1.807, 2.05) is 41.2 Å². The molecule has 0 spiro atoms. The Morgan fingerprint density at radius 3 is 2.44 bits per heavy atom. The molecule has 0 aliphatic heterocycles. The minimum atomic E-state index is 0.362. The average molecular weight is 242 g/mol. The largest absolute Gasteiger partial charge is 0.298 e. The first kappa shape index (κ1) is 12.6. The molecule has 0 radical (unpaired) electrons. The Bertz CT molecular complexity index is 513. The van der Waals surface area contributed by atoms with E-state index in [0.717, 1.165) is 30.4 Å². The Morgan fingerprint density at radius 1 is 1.22 bits per heavy atom. The third-order valence-corrected chi connectivity index (χ3v) is 3.25. The lowest BCUT2D eigenvalue weighted by molar-refractivity contribution is 0.112. The van der Waals surface area contributed by atoms with Gasteiger partial charge in [-0.1, -0.05) is 44.2 Å². The van der Waals surface area contributed by atoms with Crippen LogP contribution in [0.5, 0.6) is 0 Å². The molecule has 0 amide bonds. The van der Waals surface area contributed by atoms with Gasteiger partial charge in [0.1, 0.15) is 5.69 Å². The van der Waals surface area contributed by atoms with E-state index in [0.29, 0.717) is 11.6 Å². The number of benzene rings is 1. The van der Waals surface area contributed by atoms with Crippen molar-refractivity contribution in [1.29, 1.82) is 0 Å².